The molecule has 2 N–H and O–H groups in total. The zero-order valence-electron chi connectivity index (χ0n) is 13.0. The largest absolute Gasteiger partial charge is 0.481 e. The number of benzene rings is 1. The molecule has 0 spiro atoms. The van der Waals surface area contributed by atoms with E-state index < -0.39 is 22.8 Å². The van der Waals surface area contributed by atoms with Crippen molar-refractivity contribution in [2.45, 2.75) is 26.7 Å². The summed E-state index contributed by atoms with van der Waals surface area (Å²) in [6.45, 7) is 4.01. The first-order chi connectivity index (χ1) is 10.8. The number of rotatable bonds is 3. The van der Waals surface area contributed by atoms with Crippen molar-refractivity contribution in [3.8, 4) is 0 Å². The van der Waals surface area contributed by atoms with E-state index in [1.54, 1.807) is 19.9 Å². The number of likely N-dealkylation sites (tertiary alicyclic amines) is 1. The summed E-state index contributed by atoms with van der Waals surface area (Å²) in [5.41, 5.74) is 1.54. The third-order valence-electron chi connectivity index (χ3n) is 4.04. The lowest BCUT2D eigenvalue weighted by molar-refractivity contribution is -0.385. The van der Waals surface area contributed by atoms with Crippen molar-refractivity contribution in [2.24, 2.45) is 5.92 Å². The van der Waals surface area contributed by atoms with Crippen molar-refractivity contribution in [2.75, 3.05) is 18.4 Å². The van der Waals surface area contributed by atoms with Crippen LogP contribution in [0.4, 0.5) is 16.2 Å². The van der Waals surface area contributed by atoms with E-state index in [1.165, 1.54) is 11.0 Å². The highest BCUT2D eigenvalue weighted by Crippen LogP contribution is 2.27. The summed E-state index contributed by atoms with van der Waals surface area (Å²) in [5, 5.41) is 22.7. The van der Waals surface area contributed by atoms with E-state index >= 15 is 0 Å². The molecule has 1 aliphatic rings. The summed E-state index contributed by atoms with van der Waals surface area (Å²) in [6, 6.07) is 2.54. The number of aliphatic carboxylic acids is 1. The van der Waals surface area contributed by atoms with E-state index in [4.69, 9.17) is 5.11 Å². The molecule has 2 amide bonds. The van der Waals surface area contributed by atoms with E-state index in [-0.39, 0.29) is 12.2 Å². The average molecular weight is 321 g/mol. The molecule has 0 aromatic heterocycles. The van der Waals surface area contributed by atoms with Crippen LogP contribution in [-0.4, -0.2) is 40.0 Å². The van der Waals surface area contributed by atoms with Crippen molar-refractivity contribution in [1.29, 1.82) is 0 Å². The Bertz CT molecular complexity index is 659. The lowest BCUT2D eigenvalue weighted by atomic mass is 9.99. The number of carboxylic acids is 1. The molecule has 23 heavy (non-hydrogen) atoms. The predicted octanol–water partition coefficient (Wildman–Crippen LogP) is 2.54. The standard InChI is InChI=1S/C15H19N3O5/c1-9-6-10(2)13(18(22)23)7-12(9)16-15(21)17-5-3-4-11(8-17)14(19)20/h6-7,11H,3-5,8H2,1-2H3,(H,16,21)(H,19,20). The van der Waals surface area contributed by atoms with Crippen LogP contribution in [0.1, 0.15) is 24.0 Å². The number of amides is 2. The highest BCUT2D eigenvalue weighted by Gasteiger charge is 2.28. The smallest absolute Gasteiger partial charge is 0.321 e. The third-order valence-corrected chi connectivity index (χ3v) is 4.04. The maximum atomic E-state index is 12.3. The molecule has 1 aliphatic heterocycles. The fraction of sp³-hybridized carbons (Fsp3) is 0.467. The van der Waals surface area contributed by atoms with E-state index in [0.717, 1.165) is 0 Å². The fourth-order valence-electron chi connectivity index (χ4n) is 2.73. The van der Waals surface area contributed by atoms with Crippen molar-refractivity contribution in [1.82, 2.24) is 4.90 Å². The molecule has 1 aromatic carbocycles. The quantitative estimate of drug-likeness (QED) is 0.656. The second-order valence-electron chi connectivity index (χ2n) is 5.76. The number of aryl methyl sites for hydroxylation is 2. The van der Waals surface area contributed by atoms with Gasteiger partial charge in [0.25, 0.3) is 5.69 Å². The van der Waals surface area contributed by atoms with Crippen molar-refractivity contribution in [3.63, 3.8) is 0 Å². The van der Waals surface area contributed by atoms with Crippen LogP contribution < -0.4 is 5.32 Å². The molecule has 8 heteroatoms. The number of anilines is 1. The van der Waals surface area contributed by atoms with E-state index in [0.29, 0.717) is 36.2 Å². The van der Waals surface area contributed by atoms with Crippen molar-refractivity contribution < 1.29 is 19.6 Å². The number of urea groups is 1. The number of carboxylic acid groups (broad SMARTS) is 1. The van der Waals surface area contributed by atoms with E-state index in [9.17, 15) is 19.7 Å². The number of hydrogen-bond donors (Lipinski definition) is 2. The molecule has 1 heterocycles. The maximum Gasteiger partial charge on any atom is 0.321 e. The van der Waals surface area contributed by atoms with Gasteiger partial charge in [0.1, 0.15) is 0 Å². The van der Waals surface area contributed by atoms with Crippen LogP contribution in [0.25, 0.3) is 0 Å². The van der Waals surface area contributed by atoms with Crippen LogP contribution in [0.5, 0.6) is 0 Å². The first kappa shape index (κ1) is 16.7. The Kier molecular flexibility index (Phi) is 4.83. The minimum atomic E-state index is -0.912. The summed E-state index contributed by atoms with van der Waals surface area (Å²) in [6.07, 6.45) is 1.17. The Morgan fingerprint density at radius 3 is 2.65 bits per heavy atom. The van der Waals surface area contributed by atoms with Gasteiger partial charge in [-0.3, -0.25) is 14.9 Å². The van der Waals surface area contributed by atoms with Gasteiger partial charge in [-0.05, 0) is 38.3 Å². The third kappa shape index (κ3) is 3.77. The number of carbonyl (C=O) groups is 2. The molecule has 1 unspecified atom stereocenters. The number of hydrogen-bond acceptors (Lipinski definition) is 4. The van der Waals surface area contributed by atoms with E-state index in [2.05, 4.69) is 5.32 Å². The molecule has 2 rings (SSSR count). The first-order valence-corrected chi connectivity index (χ1v) is 7.34. The van der Waals surface area contributed by atoms with Gasteiger partial charge in [-0.1, -0.05) is 0 Å². The van der Waals surface area contributed by atoms with Crippen LogP contribution in [0.3, 0.4) is 0 Å². The van der Waals surface area contributed by atoms with Crippen LogP contribution >= 0.6 is 0 Å². The van der Waals surface area contributed by atoms with Crippen molar-refractivity contribution in [3.05, 3.63) is 33.4 Å². The average Bonchev–Trinajstić information content (AvgIpc) is 2.49. The van der Waals surface area contributed by atoms with Crippen LogP contribution in [0.2, 0.25) is 0 Å². The number of carbonyl (C=O) groups excluding carboxylic acids is 1. The van der Waals surface area contributed by atoms with Gasteiger partial charge < -0.3 is 15.3 Å². The Morgan fingerprint density at radius 2 is 2.04 bits per heavy atom. The summed E-state index contributed by atoms with van der Waals surface area (Å²) >= 11 is 0. The zero-order chi connectivity index (χ0) is 17.1. The lowest BCUT2D eigenvalue weighted by Crippen LogP contribution is -2.44. The monoisotopic (exact) mass is 321 g/mol. The predicted molar refractivity (Wildman–Crippen MR) is 83.5 cm³/mol. The summed E-state index contributed by atoms with van der Waals surface area (Å²) in [7, 11) is 0. The van der Waals surface area contributed by atoms with Gasteiger partial charge in [0.15, 0.2) is 0 Å². The fourth-order valence-corrected chi connectivity index (χ4v) is 2.73. The zero-order valence-corrected chi connectivity index (χ0v) is 13.0. The molecule has 0 radical (unpaired) electrons. The van der Waals surface area contributed by atoms with Gasteiger partial charge in [0.05, 0.1) is 16.5 Å². The number of nitro groups is 1. The Hall–Kier alpha value is -2.64. The van der Waals surface area contributed by atoms with Crippen LogP contribution in [0, 0.1) is 29.9 Å². The molecular weight excluding hydrogens is 302 g/mol. The number of nitrogens with one attached hydrogen (secondary N) is 1. The SMILES string of the molecule is Cc1cc(C)c([N+](=O)[O-])cc1NC(=O)N1CCCC(C(=O)O)C1. The maximum absolute atomic E-state index is 12.3. The molecule has 1 aromatic rings. The summed E-state index contributed by atoms with van der Waals surface area (Å²) < 4.78 is 0. The molecule has 0 aliphatic carbocycles. The van der Waals surface area contributed by atoms with Crippen LogP contribution in [-0.2, 0) is 4.79 Å². The number of piperidine rings is 1. The molecule has 8 nitrogen and oxygen atoms in total. The van der Waals surface area contributed by atoms with E-state index in [1.807, 2.05) is 0 Å². The number of nitro benzene ring substituents is 1. The van der Waals surface area contributed by atoms with Crippen LogP contribution in [0.15, 0.2) is 12.1 Å². The van der Waals surface area contributed by atoms with Crippen molar-refractivity contribution >= 4 is 23.4 Å². The Balaban J connectivity index is 2.15. The Labute approximate surface area is 133 Å². The molecule has 1 atom stereocenters. The van der Waals surface area contributed by atoms with Gasteiger partial charge in [0, 0.05) is 24.7 Å². The highest BCUT2D eigenvalue weighted by atomic mass is 16.6. The van der Waals surface area contributed by atoms with Gasteiger partial charge in [0.2, 0.25) is 0 Å². The summed E-state index contributed by atoms with van der Waals surface area (Å²) in [4.78, 5) is 35.3. The molecule has 124 valence electrons. The first-order valence-electron chi connectivity index (χ1n) is 7.34. The Morgan fingerprint density at radius 1 is 1.35 bits per heavy atom. The lowest BCUT2D eigenvalue weighted by Gasteiger charge is -2.30. The minimum absolute atomic E-state index is 0.0621. The second-order valence-corrected chi connectivity index (χ2v) is 5.76. The molecule has 1 fully saturated rings. The normalized spacial score (nSPS) is 17.7. The molecular formula is C15H19N3O5. The molecule has 0 bridgehead atoms. The van der Waals surface area contributed by atoms with Gasteiger partial charge >= 0.3 is 12.0 Å². The van der Waals surface area contributed by atoms with Gasteiger partial charge in [-0.25, -0.2) is 4.79 Å². The topological polar surface area (TPSA) is 113 Å². The minimum Gasteiger partial charge on any atom is -0.481 e. The molecule has 1 saturated heterocycles. The van der Waals surface area contributed by atoms with Gasteiger partial charge in [-0.15, -0.1) is 0 Å². The highest BCUT2D eigenvalue weighted by molar-refractivity contribution is 5.91. The second kappa shape index (κ2) is 6.64. The molecule has 0 saturated carbocycles. The van der Waals surface area contributed by atoms with Gasteiger partial charge in [-0.2, -0.15) is 0 Å². The summed E-state index contributed by atoms with van der Waals surface area (Å²) in [5.74, 6) is -1.48. The number of nitrogens with zero attached hydrogens (tertiary/aromatic N) is 2.